The summed E-state index contributed by atoms with van der Waals surface area (Å²) >= 11 is 0. The summed E-state index contributed by atoms with van der Waals surface area (Å²) in [4.78, 5) is 6.70. The first kappa shape index (κ1) is 14.7. The van der Waals surface area contributed by atoms with Gasteiger partial charge in [0.2, 0.25) is 0 Å². The molecule has 0 aliphatic carbocycles. The molecular formula is C17H23N3. The van der Waals surface area contributed by atoms with Crippen LogP contribution in [0, 0.1) is 0 Å². The van der Waals surface area contributed by atoms with Gasteiger partial charge in [0.05, 0.1) is 5.69 Å². The van der Waals surface area contributed by atoms with Crippen molar-refractivity contribution in [2.45, 2.75) is 39.5 Å². The highest BCUT2D eigenvalue weighted by molar-refractivity contribution is 5.18. The fourth-order valence-corrected chi connectivity index (χ4v) is 2.21. The second-order valence-corrected chi connectivity index (χ2v) is 5.34. The smallest absolute Gasteiger partial charge is 0.0542 e. The number of hydrogen-bond donors (Lipinski definition) is 1. The van der Waals surface area contributed by atoms with Crippen LogP contribution in [0.4, 0.5) is 0 Å². The first-order valence-electron chi connectivity index (χ1n) is 7.11. The molecule has 0 amide bonds. The Morgan fingerprint density at radius 1 is 1.05 bits per heavy atom. The van der Waals surface area contributed by atoms with Crippen LogP contribution in [0.1, 0.15) is 30.7 Å². The summed E-state index contributed by atoms with van der Waals surface area (Å²) in [5, 5.41) is 0. The van der Waals surface area contributed by atoms with Crippen LogP contribution in [0.3, 0.4) is 0 Å². The van der Waals surface area contributed by atoms with Gasteiger partial charge in [-0.2, -0.15) is 0 Å². The lowest BCUT2D eigenvalue weighted by atomic mass is 10.1. The molecule has 1 aromatic carbocycles. The van der Waals surface area contributed by atoms with Crippen molar-refractivity contribution in [1.29, 1.82) is 0 Å². The zero-order valence-electron chi connectivity index (χ0n) is 12.3. The van der Waals surface area contributed by atoms with Gasteiger partial charge < -0.3 is 5.73 Å². The zero-order chi connectivity index (χ0) is 14.4. The Labute approximate surface area is 121 Å². The van der Waals surface area contributed by atoms with E-state index in [0.29, 0.717) is 12.6 Å². The Bertz CT molecular complexity index is 523. The summed E-state index contributed by atoms with van der Waals surface area (Å²) < 4.78 is 0. The van der Waals surface area contributed by atoms with E-state index in [-0.39, 0.29) is 0 Å². The van der Waals surface area contributed by atoms with E-state index < -0.39 is 0 Å². The molecule has 1 aromatic heterocycles. The standard InChI is InChI=1S/C17H23N3/c1-14(2)20(12-15-6-4-3-5-7-15)13-16-8-9-19-17(10-16)11-18/h3-10,14H,11-13,18H2,1-2H3. The number of hydrogen-bond acceptors (Lipinski definition) is 3. The molecule has 0 bridgehead atoms. The molecule has 3 heteroatoms. The molecule has 2 aromatic rings. The van der Waals surface area contributed by atoms with Gasteiger partial charge in [0.25, 0.3) is 0 Å². The first-order valence-corrected chi connectivity index (χ1v) is 7.11. The molecule has 0 aliphatic heterocycles. The molecule has 106 valence electrons. The molecule has 0 unspecified atom stereocenters. The SMILES string of the molecule is CC(C)N(Cc1ccccc1)Cc1ccnc(CN)c1. The zero-order valence-corrected chi connectivity index (χ0v) is 12.3. The molecule has 2 rings (SSSR count). The summed E-state index contributed by atoms with van der Waals surface area (Å²) in [6, 6.07) is 15.2. The molecule has 0 atom stereocenters. The molecular weight excluding hydrogens is 246 g/mol. The predicted octanol–water partition coefficient (Wildman–Crippen LogP) is 2.95. The Hall–Kier alpha value is -1.71. The molecule has 0 saturated heterocycles. The lowest BCUT2D eigenvalue weighted by Gasteiger charge is -2.26. The fourth-order valence-electron chi connectivity index (χ4n) is 2.21. The molecule has 0 spiro atoms. The molecule has 2 N–H and O–H groups in total. The number of aromatic nitrogens is 1. The van der Waals surface area contributed by atoms with Crippen LogP contribution in [0.15, 0.2) is 48.7 Å². The van der Waals surface area contributed by atoms with Crippen LogP contribution in [0.2, 0.25) is 0 Å². The van der Waals surface area contributed by atoms with Gasteiger partial charge in [0.15, 0.2) is 0 Å². The van der Waals surface area contributed by atoms with Gasteiger partial charge in [0.1, 0.15) is 0 Å². The first-order chi connectivity index (χ1) is 9.69. The third-order valence-electron chi connectivity index (χ3n) is 3.43. The number of nitrogens with two attached hydrogens (primary N) is 1. The van der Waals surface area contributed by atoms with E-state index in [9.17, 15) is 0 Å². The lowest BCUT2D eigenvalue weighted by Crippen LogP contribution is -2.29. The monoisotopic (exact) mass is 269 g/mol. The average molecular weight is 269 g/mol. The minimum absolute atomic E-state index is 0.490. The maximum Gasteiger partial charge on any atom is 0.0542 e. The largest absolute Gasteiger partial charge is 0.325 e. The second kappa shape index (κ2) is 7.17. The van der Waals surface area contributed by atoms with E-state index in [0.717, 1.165) is 18.8 Å². The van der Waals surface area contributed by atoms with E-state index >= 15 is 0 Å². The Kier molecular flexibility index (Phi) is 5.27. The second-order valence-electron chi connectivity index (χ2n) is 5.34. The van der Waals surface area contributed by atoms with E-state index in [4.69, 9.17) is 5.73 Å². The fraction of sp³-hybridized carbons (Fsp3) is 0.353. The van der Waals surface area contributed by atoms with Crippen LogP contribution < -0.4 is 5.73 Å². The molecule has 3 nitrogen and oxygen atoms in total. The quantitative estimate of drug-likeness (QED) is 0.876. The summed E-state index contributed by atoms with van der Waals surface area (Å²) in [6.45, 7) is 6.83. The Balaban J connectivity index is 2.09. The number of rotatable bonds is 6. The van der Waals surface area contributed by atoms with Gasteiger partial charge in [-0.05, 0) is 37.1 Å². The normalized spacial score (nSPS) is 11.2. The molecule has 20 heavy (non-hydrogen) atoms. The van der Waals surface area contributed by atoms with Crippen molar-refractivity contribution in [3.8, 4) is 0 Å². The number of benzene rings is 1. The van der Waals surface area contributed by atoms with Crippen LogP contribution in [-0.4, -0.2) is 15.9 Å². The van der Waals surface area contributed by atoms with Gasteiger partial charge in [-0.25, -0.2) is 0 Å². The van der Waals surface area contributed by atoms with Crippen molar-refractivity contribution in [3.05, 3.63) is 65.5 Å². The highest BCUT2D eigenvalue weighted by Gasteiger charge is 2.11. The highest BCUT2D eigenvalue weighted by atomic mass is 15.1. The molecule has 0 aliphatic rings. The Morgan fingerprint density at radius 3 is 2.40 bits per heavy atom. The topological polar surface area (TPSA) is 42.2 Å². The summed E-state index contributed by atoms with van der Waals surface area (Å²) in [5.74, 6) is 0. The van der Waals surface area contributed by atoms with E-state index in [1.165, 1.54) is 11.1 Å². The van der Waals surface area contributed by atoms with Crippen molar-refractivity contribution >= 4 is 0 Å². The van der Waals surface area contributed by atoms with Gasteiger partial charge in [0, 0.05) is 31.9 Å². The van der Waals surface area contributed by atoms with Crippen LogP contribution in [0.5, 0.6) is 0 Å². The van der Waals surface area contributed by atoms with Gasteiger partial charge in [-0.15, -0.1) is 0 Å². The minimum Gasteiger partial charge on any atom is -0.325 e. The molecule has 0 saturated carbocycles. The van der Waals surface area contributed by atoms with E-state index in [1.54, 1.807) is 0 Å². The van der Waals surface area contributed by atoms with Crippen molar-refractivity contribution < 1.29 is 0 Å². The third-order valence-corrected chi connectivity index (χ3v) is 3.43. The van der Waals surface area contributed by atoms with Gasteiger partial charge in [-0.3, -0.25) is 9.88 Å². The van der Waals surface area contributed by atoms with E-state index in [1.807, 2.05) is 6.20 Å². The van der Waals surface area contributed by atoms with E-state index in [2.05, 4.69) is 66.2 Å². The summed E-state index contributed by atoms with van der Waals surface area (Å²) in [7, 11) is 0. The maximum absolute atomic E-state index is 5.66. The number of nitrogens with zero attached hydrogens (tertiary/aromatic N) is 2. The average Bonchev–Trinajstić information content (AvgIpc) is 2.48. The third kappa shape index (κ3) is 4.15. The molecule has 0 fully saturated rings. The van der Waals surface area contributed by atoms with Gasteiger partial charge >= 0.3 is 0 Å². The highest BCUT2D eigenvalue weighted by Crippen LogP contribution is 2.13. The summed E-state index contributed by atoms with van der Waals surface area (Å²) in [6.07, 6.45) is 1.85. The van der Waals surface area contributed by atoms with Crippen LogP contribution in [-0.2, 0) is 19.6 Å². The van der Waals surface area contributed by atoms with Crippen molar-refractivity contribution in [3.63, 3.8) is 0 Å². The minimum atomic E-state index is 0.490. The molecule has 0 radical (unpaired) electrons. The van der Waals surface area contributed by atoms with Crippen molar-refractivity contribution in [2.75, 3.05) is 0 Å². The van der Waals surface area contributed by atoms with Crippen LogP contribution >= 0.6 is 0 Å². The molecule has 1 heterocycles. The van der Waals surface area contributed by atoms with Crippen LogP contribution in [0.25, 0.3) is 0 Å². The summed E-state index contributed by atoms with van der Waals surface area (Å²) in [5.41, 5.74) is 9.22. The Morgan fingerprint density at radius 2 is 1.75 bits per heavy atom. The lowest BCUT2D eigenvalue weighted by molar-refractivity contribution is 0.203. The van der Waals surface area contributed by atoms with Crippen molar-refractivity contribution in [1.82, 2.24) is 9.88 Å². The predicted molar refractivity (Wildman–Crippen MR) is 83.0 cm³/mol. The van der Waals surface area contributed by atoms with Crippen molar-refractivity contribution in [2.24, 2.45) is 5.73 Å². The number of pyridine rings is 1. The maximum atomic E-state index is 5.66. The van der Waals surface area contributed by atoms with Gasteiger partial charge in [-0.1, -0.05) is 30.3 Å².